The number of phenolic OH excluding ortho intramolecular Hbond substituents is 2. The first-order valence-electron chi connectivity index (χ1n) is 6.50. The van der Waals surface area contributed by atoms with Crippen LogP contribution in [0.4, 0.5) is 0 Å². The van der Waals surface area contributed by atoms with Crippen LogP contribution in [0, 0.1) is 27.7 Å². The van der Waals surface area contributed by atoms with Crippen LogP contribution in [0.5, 0.6) is 11.5 Å². The van der Waals surface area contributed by atoms with E-state index in [1.165, 1.54) is 18.2 Å². The molecule has 5 heteroatoms. The molecule has 0 radical (unpaired) electrons. The van der Waals surface area contributed by atoms with E-state index in [-0.39, 0.29) is 21.3 Å². The normalized spacial score (nSPS) is 11.6. The summed E-state index contributed by atoms with van der Waals surface area (Å²) in [6, 6.07) is 5.96. The summed E-state index contributed by atoms with van der Waals surface area (Å²) in [6.07, 6.45) is 0. The first-order chi connectivity index (χ1) is 9.64. The van der Waals surface area contributed by atoms with Gasteiger partial charge in [0.2, 0.25) is 9.84 Å². The van der Waals surface area contributed by atoms with Gasteiger partial charge in [0.1, 0.15) is 16.4 Å². The predicted octanol–water partition coefficient (Wildman–Crippen LogP) is 3.16. The van der Waals surface area contributed by atoms with Crippen molar-refractivity contribution in [2.24, 2.45) is 0 Å². The zero-order valence-corrected chi connectivity index (χ0v) is 13.2. The summed E-state index contributed by atoms with van der Waals surface area (Å²) >= 11 is 0. The maximum absolute atomic E-state index is 12.9. The Kier molecular flexibility index (Phi) is 3.72. The first kappa shape index (κ1) is 15.4. The standard InChI is InChI=1S/C16H18O4S/c1-9-5-10(2)16(14(18)6-9)21(19,20)15-11(3)7-13(17)8-12(15)4/h5-8,17-18H,1-4H3. The minimum atomic E-state index is -3.86. The zero-order valence-electron chi connectivity index (χ0n) is 12.4. The van der Waals surface area contributed by atoms with Crippen molar-refractivity contribution in [2.45, 2.75) is 37.5 Å². The predicted molar refractivity (Wildman–Crippen MR) is 80.6 cm³/mol. The third-order valence-electron chi connectivity index (χ3n) is 3.38. The van der Waals surface area contributed by atoms with Crippen LogP contribution in [0.2, 0.25) is 0 Å². The Bertz CT molecular complexity index is 711. The molecule has 0 spiro atoms. The molecule has 0 aliphatic heterocycles. The average molecular weight is 306 g/mol. The van der Waals surface area contributed by atoms with Gasteiger partial charge in [0, 0.05) is 0 Å². The molecule has 0 aliphatic carbocycles. The second kappa shape index (κ2) is 5.07. The third kappa shape index (κ3) is 2.61. The second-order valence-electron chi connectivity index (χ2n) is 5.34. The van der Waals surface area contributed by atoms with Gasteiger partial charge in [-0.2, -0.15) is 0 Å². The monoisotopic (exact) mass is 306 g/mol. The molecule has 0 bridgehead atoms. The average Bonchev–Trinajstić information content (AvgIpc) is 2.23. The highest BCUT2D eigenvalue weighted by atomic mass is 32.2. The van der Waals surface area contributed by atoms with E-state index in [9.17, 15) is 18.6 Å². The maximum atomic E-state index is 12.9. The lowest BCUT2D eigenvalue weighted by Gasteiger charge is -2.15. The van der Waals surface area contributed by atoms with E-state index >= 15 is 0 Å². The number of hydrogen-bond donors (Lipinski definition) is 2. The van der Waals surface area contributed by atoms with Crippen molar-refractivity contribution in [3.8, 4) is 11.5 Å². The van der Waals surface area contributed by atoms with Crippen molar-refractivity contribution in [3.05, 3.63) is 46.5 Å². The Morgan fingerprint density at radius 1 is 0.762 bits per heavy atom. The summed E-state index contributed by atoms with van der Waals surface area (Å²) in [7, 11) is -3.86. The highest BCUT2D eigenvalue weighted by molar-refractivity contribution is 7.91. The molecule has 0 saturated heterocycles. The lowest BCUT2D eigenvalue weighted by Crippen LogP contribution is -2.08. The van der Waals surface area contributed by atoms with Gasteiger partial charge in [0.25, 0.3) is 0 Å². The molecule has 2 N–H and O–H groups in total. The van der Waals surface area contributed by atoms with Crippen molar-refractivity contribution >= 4 is 9.84 Å². The smallest absolute Gasteiger partial charge is 0.211 e. The zero-order chi connectivity index (χ0) is 15.9. The molecule has 2 aromatic rings. The number of aromatic hydroxyl groups is 2. The van der Waals surface area contributed by atoms with Gasteiger partial charge in [-0.15, -0.1) is 0 Å². The van der Waals surface area contributed by atoms with Crippen LogP contribution < -0.4 is 0 Å². The molecular weight excluding hydrogens is 288 g/mol. The Balaban J connectivity index is 2.81. The lowest BCUT2D eigenvalue weighted by atomic mass is 10.1. The molecule has 0 unspecified atom stereocenters. The van der Waals surface area contributed by atoms with Crippen LogP contribution >= 0.6 is 0 Å². The fourth-order valence-electron chi connectivity index (χ4n) is 2.73. The molecule has 112 valence electrons. The molecule has 2 aromatic carbocycles. The van der Waals surface area contributed by atoms with E-state index in [2.05, 4.69) is 0 Å². The van der Waals surface area contributed by atoms with E-state index in [0.29, 0.717) is 16.7 Å². The fourth-order valence-corrected chi connectivity index (χ4v) is 4.72. The number of sulfone groups is 1. The molecule has 2 rings (SSSR count). The van der Waals surface area contributed by atoms with Crippen LogP contribution in [0.15, 0.2) is 34.1 Å². The molecule has 0 aromatic heterocycles. The summed E-state index contributed by atoms with van der Waals surface area (Å²) < 4.78 is 25.8. The van der Waals surface area contributed by atoms with E-state index in [1.54, 1.807) is 33.8 Å². The van der Waals surface area contributed by atoms with Gasteiger partial charge in [0.05, 0.1) is 4.90 Å². The van der Waals surface area contributed by atoms with Crippen molar-refractivity contribution < 1.29 is 18.6 Å². The first-order valence-corrected chi connectivity index (χ1v) is 7.98. The van der Waals surface area contributed by atoms with E-state index in [4.69, 9.17) is 0 Å². The van der Waals surface area contributed by atoms with Gasteiger partial charge in [-0.05, 0) is 68.1 Å². The second-order valence-corrected chi connectivity index (χ2v) is 7.17. The van der Waals surface area contributed by atoms with Crippen molar-refractivity contribution in [1.82, 2.24) is 0 Å². The summed E-state index contributed by atoms with van der Waals surface area (Å²) in [4.78, 5) is 0.0487. The minimum absolute atomic E-state index is 0.0220. The molecule has 0 atom stereocenters. The van der Waals surface area contributed by atoms with Gasteiger partial charge in [-0.3, -0.25) is 0 Å². The van der Waals surface area contributed by atoms with E-state index in [0.717, 1.165) is 5.56 Å². The summed E-state index contributed by atoms with van der Waals surface area (Å²) in [5.74, 6) is -0.229. The Morgan fingerprint density at radius 2 is 1.24 bits per heavy atom. The van der Waals surface area contributed by atoms with Gasteiger partial charge < -0.3 is 10.2 Å². The number of hydrogen-bond acceptors (Lipinski definition) is 4. The van der Waals surface area contributed by atoms with Crippen molar-refractivity contribution in [2.75, 3.05) is 0 Å². The van der Waals surface area contributed by atoms with Gasteiger partial charge >= 0.3 is 0 Å². The molecular formula is C16H18O4S. The SMILES string of the molecule is Cc1cc(C)c(S(=O)(=O)c2c(C)cc(O)cc2C)c(O)c1. The van der Waals surface area contributed by atoms with Crippen molar-refractivity contribution in [1.29, 1.82) is 0 Å². The van der Waals surface area contributed by atoms with Crippen LogP contribution in [0.3, 0.4) is 0 Å². The number of aryl methyl sites for hydroxylation is 4. The van der Waals surface area contributed by atoms with Crippen molar-refractivity contribution in [3.63, 3.8) is 0 Å². The number of rotatable bonds is 2. The number of benzene rings is 2. The van der Waals surface area contributed by atoms with Crippen LogP contribution in [0.1, 0.15) is 22.3 Å². The van der Waals surface area contributed by atoms with Gasteiger partial charge in [0.15, 0.2) is 0 Å². The highest BCUT2D eigenvalue weighted by Crippen LogP contribution is 2.36. The molecule has 0 heterocycles. The quantitative estimate of drug-likeness (QED) is 0.893. The molecule has 0 fully saturated rings. The van der Waals surface area contributed by atoms with E-state index in [1.807, 2.05) is 0 Å². The molecule has 21 heavy (non-hydrogen) atoms. The fraction of sp³-hybridized carbons (Fsp3) is 0.250. The number of phenols is 2. The van der Waals surface area contributed by atoms with Gasteiger partial charge in [-0.1, -0.05) is 6.07 Å². The Morgan fingerprint density at radius 3 is 1.71 bits per heavy atom. The lowest BCUT2D eigenvalue weighted by molar-refractivity contribution is 0.457. The van der Waals surface area contributed by atoms with E-state index < -0.39 is 9.84 Å². The maximum Gasteiger partial charge on any atom is 0.211 e. The summed E-state index contributed by atoms with van der Waals surface area (Å²) in [5.41, 5.74) is 2.20. The largest absolute Gasteiger partial charge is 0.508 e. The third-order valence-corrected chi connectivity index (χ3v) is 5.63. The van der Waals surface area contributed by atoms with Gasteiger partial charge in [-0.25, -0.2) is 8.42 Å². The summed E-state index contributed by atoms with van der Waals surface area (Å²) in [5, 5.41) is 19.6. The summed E-state index contributed by atoms with van der Waals surface area (Å²) in [6.45, 7) is 6.70. The van der Waals surface area contributed by atoms with Crippen LogP contribution in [-0.4, -0.2) is 18.6 Å². The topological polar surface area (TPSA) is 74.6 Å². The Labute approximate surface area is 124 Å². The minimum Gasteiger partial charge on any atom is -0.508 e. The molecule has 4 nitrogen and oxygen atoms in total. The molecule has 0 amide bonds. The van der Waals surface area contributed by atoms with Crippen LogP contribution in [-0.2, 0) is 9.84 Å². The Hall–Kier alpha value is -2.01. The molecule has 0 aliphatic rings. The van der Waals surface area contributed by atoms with Crippen LogP contribution in [0.25, 0.3) is 0 Å². The highest BCUT2D eigenvalue weighted by Gasteiger charge is 2.27. The molecule has 0 saturated carbocycles.